The highest BCUT2D eigenvalue weighted by molar-refractivity contribution is 5.68. The minimum Gasteiger partial charge on any atom is -0.480 e. The molecule has 0 saturated carbocycles. The molecule has 1 aliphatic heterocycles. The molecule has 0 aliphatic carbocycles. The van der Waals surface area contributed by atoms with E-state index in [2.05, 4.69) is 4.74 Å². The van der Waals surface area contributed by atoms with Gasteiger partial charge in [-0.2, -0.15) is 0 Å². The number of hydrogen-bond acceptors (Lipinski definition) is 7. The maximum absolute atomic E-state index is 10.3. The first kappa shape index (κ1) is 11.7. The van der Waals surface area contributed by atoms with Gasteiger partial charge in [-0.25, -0.2) is 4.79 Å². The van der Waals surface area contributed by atoms with E-state index in [-0.39, 0.29) is 0 Å². The zero-order valence-electron chi connectivity index (χ0n) is 9.13. The maximum atomic E-state index is 10.3. The van der Waals surface area contributed by atoms with Crippen molar-refractivity contribution in [1.82, 2.24) is 0 Å². The van der Waals surface area contributed by atoms with Crippen LogP contribution in [0.1, 0.15) is 1.37 Å². The molecule has 1 heterocycles. The van der Waals surface area contributed by atoms with Gasteiger partial charge in [0.15, 0.2) is 6.29 Å². The number of aliphatic hydroxyl groups is 4. The van der Waals surface area contributed by atoms with Crippen molar-refractivity contribution >= 4 is 5.97 Å². The van der Waals surface area contributed by atoms with E-state index < -0.39 is 49.9 Å². The first-order chi connectivity index (χ1) is 7.88. The fourth-order valence-electron chi connectivity index (χ4n) is 1.33. The second-order valence-corrected chi connectivity index (χ2v) is 3.29. The lowest BCUT2D eigenvalue weighted by molar-refractivity contribution is -0.189. The Kier molecular flexibility index (Phi) is 4.04. The standard InChI is InChI=1S/C8H14O8/c9-1-3(10)7-5(13)6(14)8(16-7)15-2-4(11)12/h3,5-10,13-14H,1-2H2,(H,11,12)/t3-,5-,6+,7-,8?/m1/s1/i2D/t2?,3-,5-,6+,7-,8?. The molecule has 5 N–H and O–H groups in total. The van der Waals surface area contributed by atoms with E-state index in [9.17, 15) is 20.1 Å². The highest BCUT2D eigenvalue weighted by Crippen LogP contribution is 2.24. The Labute approximate surface area is 92.1 Å². The molecule has 1 aliphatic rings. The topological polar surface area (TPSA) is 137 Å². The summed E-state index contributed by atoms with van der Waals surface area (Å²) in [5.74, 6) is -1.58. The smallest absolute Gasteiger partial charge is 0.329 e. The molecule has 8 heteroatoms. The summed E-state index contributed by atoms with van der Waals surface area (Å²) in [6.45, 7) is -2.68. The first-order valence-corrected chi connectivity index (χ1v) is 4.49. The molecule has 16 heavy (non-hydrogen) atoms. The van der Waals surface area contributed by atoms with Crippen molar-refractivity contribution in [2.75, 3.05) is 13.2 Å². The van der Waals surface area contributed by atoms with Crippen molar-refractivity contribution in [3.8, 4) is 0 Å². The van der Waals surface area contributed by atoms with Crippen LogP contribution in [0.4, 0.5) is 0 Å². The van der Waals surface area contributed by atoms with Crippen LogP contribution in [0.2, 0.25) is 0 Å². The Morgan fingerprint density at radius 2 is 2.12 bits per heavy atom. The lowest BCUT2D eigenvalue weighted by atomic mass is 10.1. The minimum atomic E-state index is -1.98. The van der Waals surface area contributed by atoms with Gasteiger partial charge in [0.2, 0.25) is 0 Å². The third kappa shape index (κ3) is 2.88. The van der Waals surface area contributed by atoms with E-state index in [1.165, 1.54) is 0 Å². The molecule has 0 bridgehead atoms. The fourth-order valence-corrected chi connectivity index (χ4v) is 1.33. The lowest BCUT2D eigenvalue weighted by Crippen LogP contribution is -2.40. The van der Waals surface area contributed by atoms with E-state index >= 15 is 0 Å². The average Bonchev–Trinajstić information content (AvgIpc) is 2.56. The summed E-state index contributed by atoms with van der Waals surface area (Å²) in [7, 11) is 0. The van der Waals surface area contributed by atoms with Crippen molar-refractivity contribution in [2.45, 2.75) is 30.7 Å². The van der Waals surface area contributed by atoms with Gasteiger partial charge in [0.05, 0.1) is 7.98 Å². The van der Waals surface area contributed by atoms with Gasteiger partial charge in [0.25, 0.3) is 0 Å². The highest BCUT2D eigenvalue weighted by atomic mass is 16.7. The highest BCUT2D eigenvalue weighted by Gasteiger charge is 2.46. The normalized spacial score (nSPS) is 39.1. The van der Waals surface area contributed by atoms with Crippen molar-refractivity contribution < 1.29 is 41.2 Å². The second-order valence-electron chi connectivity index (χ2n) is 3.29. The Morgan fingerprint density at radius 3 is 2.62 bits per heavy atom. The molecular formula is C8H14O8. The van der Waals surface area contributed by atoms with Crippen LogP contribution in [0, 0.1) is 0 Å². The minimum absolute atomic E-state index is 0.704. The molecule has 1 rings (SSSR count). The molecule has 94 valence electrons. The Balaban J connectivity index is 2.62. The molecule has 0 aromatic rings. The van der Waals surface area contributed by atoms with Gasteiger partial charge in [-0.15, -0.1) is 0 Å². The molecule has 8 nitrogen and oxygen atoms in total. The maximum Gasteiger partial charge on any atom is 0.329 e. The second kappa shape index (κ2) is 5.53. The van der Waals surface area contributed by atoms with Crippen molar-refractivity contribution in [3.63, 3.8) is 0 Å². The third-order valence-electron chi connectivity index (χ3n) is 2.13. The van der Waals surface area contributed by atoms with Crippen LogP contribution in [-0.2, 0) is 14.3 Å². The van der Waals surface area contributed by atoms with E-state index in [1.807, 2.05) is 0 Å². The predicted molar refractivity (Wildman–Crippen MR) is 47.4 cm³/mol. The molecule has 0 amide bonds. The number of ether oxygens (including phenoxy) is 2. The van der Waals surface area contributed by atoms with E-state index in [4.69, 9.17) is 16.3 Å². The molecule has 0 aromatic heterocycles. The largest absolute Gasteiger partial charge is 0.480 e. The summed E-state index contributed by atoms with van der Waals surface area (Å²) in [6, 6.07) is 0. The third-order valence-corrected chi connectivity index (χ3v) is 2.13. The number of aliphatic hydroxyl groups excluding tert-OH is 4. The van der Waals surface area contributed by atoms with Gasteiger partial charge in [-0.1, -0.05) is 0 Å². The summed E-state index contributed by atoms with van der Waals surface area (Å²) in [5.41, 5.74) is 0. The predicted octanol–water partition coefficient (Wildman–Crippen LogP) is -3.11. The van der Waals surface area contributed by atoms with Gasteiger partial charge < -0.3 is 35.0 Å². The van der Waals surface area contributed by atoms with E-state index in [0.29, 0.717) is 0 Å². The molecule has 0 spiro atoms. The Hall–Kier alpha value is -0.770. The van der Waals surface area contributed by atoms with Gasteiger partial charge in [0, 0.05) is 0 Å². The molecule has 2 unspecified atom stereocenters. The zero-order valence-corrected chi connectivity index (χ0v) is 8.13. The molecule has 1 fully saturated rings. The van der Waals surface area contributed by atoms with Gasteiger partial charge >= 0.3 is 5.97 Å². The summed E-state index contributed by atoms with van der Waals surface area (Å²) < 4.78 is 16.3. The summed E-state index contributed by atoms with van der Waals surface area (Å²) >= 11 is 0. The van der Waals surface area contributed by atoms with Crippen LogP contribution < -0.4 is 0 Å². The first-order valence-electron chi connectivity index (χ1n) is 5.07. The van der Waals surface area contributed by atoms with E-state index in [1.54, 1.807) is 0 Å². The fraction of sp³-hybridized carbons (Fsp3) is 0.875. The zero-order chi connectivity index (χ0) is 13.2. The number of hydrogen-bond donors (Lipinski definition) is 5. The molecule has 1 saturated heterocycles. The monoisotopic (exact) mass is 239 g/mol. The molecule has 0 aromatic carbocycles. The van der Waals surface area contributed by atoms with Crippen LogP contribution >= 0.6 is 0 Å². The lowest BCUT2D eigenvalue weighted by Gasteiger charge is -2.18. The van der Waals surface area contributed by atoms with Crippen LogP contribution in [-0.4, -0.2) is 75.4 Å². The quantitative estimate of drug-likeness (QED) is 0.340. The average molecular weight is 239 g/mol. The molecular weight excluding hydrogens is 224 g/mol. The SMILES string of the molecule is [2H]C(OC1O[C@H]([C@H](O)CO)[C@H](O)[C@@H]1O)C(=O)O. The number of carbonyl (C=O) groups is 1. The van der Waals surface area contributed by atoms with E-state index in [0.717, 1.165) is 0 Å². The molecule has 0 radical (unpaired) electrons. The van der Waals surface area contributed by atoms with Crippen molar-refractivity contribution in [2.24, 2.45) is 0 Å². The van der Waals surface area contributed by atoms with Crippen LogP contribution in [0.15, 0.2) is 0 Å². The van der Waals surface area contributed by atoms with Crippen LogP contribution in [0.5, 0.6) is 0 Å². The van der Waals surface area contributed by atoms with Crippen LogP contribution in [0.25, 0.3) is 0 Å². The summed E-state index contributed by atoms with van der Waals surface area (Å²) in [5, 5.41) is 45.2. The number of carboxylic acid groups (broad SMARTS) is 1. The van der Waals surface area contributed by atoms with Crippen LogP contribution in [0.3, 0.4) is 0 Å². The van der Waals surface area contributed by atoms with Gasteiger partial charge in [-0.05, 0) is 0 Å². The summed E-state index contributed by atoms with van der Waals surface area (Å²) in [4.78, 5) is 10.3. The van der Waals surface area contributed by atoms with Gasteiger partial charge in [-0.3, -0.25) is 0 Å². The summed E-state index contributed by atoms with van der Waals surface area (Å²) in [6.07, 6.45) is -7.44. The number of aliphatic carboxylic acids is 1. The number of rotatable bonds is 5. The van der Waals surface area contributed by atoms with Crippen molar-refractivity contribution in [3.05, 3.63) is 0 Å². The van der Waals surface area contributed by atoms with Gasteiger partial charge in [0.1, 0.15) is 31.0 Å². The molecule has 6 atom stereocenters. The Bertz CT molecular complexity index is 274. The van der Waals surface area contributed by atoms with Crippen molar-refractivity contribution in [1.29, 1.82) is 0 Å². The number of carboxylic acids is 1. The Morgan fingerprint density at radius 1 is 1.50 bits per heavy atom.